The molecule has 4 nitrogen and oxygen atoms in total. The first-order valence-electron chi connectivity index (χ1n) is 9.84. The predicted molar refractivity (Wildman–Crippen MR) is 114 cm³/mol. The van der Waals surface area contributed by atoms with E-state index in [1.165, 1.54) is 5.56 Å². The maximum atomic E-state index is 13.0. The maximum Gasteiger partial charge on any atom is 0.242 e. The van der Waals surface area contributed by atoms with Crippen LogP contribution in [0, 0.1) is 0 Å². The zero-order valence-electron chi connectivity index (χ0n) is 16.9. The molecule has 150 valence electrons. The third-order valence-electron chi connectivity index (χ3n) is 4.82. The number of carbonyl (C=O) groups is 2. The van der Waals surface area contributed by atoms with E-state index in [1.54, 1.807) is 17.9 Å². The van der Waals surface area contributed by atoms with Gasteiger partial charge in [-0.15, -0.1) is 0 Å². The van der Waals surface area contributed by atoms with Gasteiger partial charge in [0.1, 0.15) is 6.04 Å². The Labute approximate surface area is 172 Å². The van der Waals surface area contributed by atoms with Gasteiger partial charge in [0.05, 0.1) is 0 Å². The van der Waals surface area contributed by atoms with Crippen molar-refractivity contribution in [1.82, 2.24) is 10.2 Å². The largest absolute Gasteiger partial charge is 0.355 e. The van der Waals surface area contributed by atoms with Gasteiger partial charge in [-0.2, -0.15) is 0 Å². The molecule has 1 unspecified atom stereocenters. The molecule has 0 aromatic heterocycles. The first-order chi connectivity index (χ1) is 13.4. The van der Waals surface area contributed by atoms with Gasteiger partial charge in [-0.05, 0) is 55.5 Å². The number of amides is 2. The fourth-order valence-corrected chi connectivity index (χ4v) is 3.29. The highest BCUT2D eigenvalue weighted by Gasteiger charge is 2.25. The van der Waals surface area contributed by atoms with Crippen molar-refractivity contribution in [3.63, 3.8) is 0 Å². The Bertz CT molecular complexity index is 789. The van der Waals surface area contributed by atoms with Crippen LogP contribution < -0.4 is 5.32 Å². The Balaban J connectivity index is 2.11. The third kappa shape index (κ3) is 6.38. The zero-order chi connectivity index (χ0) is 20.5. The van der Waals surface area contributed by atoms with E-state index in [4.69, 9.17) is 11.6 Å². The van der Waals surface area contributed by atoms with Crippen molar-refractivity contribution < 1.29 is 9.59 Å². The minimum Gasteiger partial charge on any atom is -0.355 e. The molecule has 0 heterocycles. The smallest absolute Gasteiger partial charge is 0.242 e. The standard InChI is InChI=1S/C23H29ClN2O2/c1-4-18-9-11-19(12-10-18)13-14-22(27)26(17(3)23(28)25-5-2)16-20-7-6-8-21(24)15-20/h6-12,15,17H,4-5,13-14,16H2,1-3H3,(H,25,28). The van der Waals surface area contributed by atoms with Crippen LogP contribution in [0.15, 0.2) is 48.5 Å². The van der Waals surface area contributed by atoms with Gasteiger partial charge in [-0.3, -0.25) is 9.59 Å². The van der Waals surface area contributed by atoms with Crippen LogP contribution in [0.3, 0.4) is 0 Å². The summed E-state index contributed by atoms with van der Waals surface area (Å²) < 4.78 is 0. The summed E-state index contributed by atoms with van der Waals surface area (Å²) in [4.78, 5) is 27.0. The van der Waals surface area contributed by atoms with E-state index in [1.807, 2.05) is 25.1 Å². The normalized spacial score (nSPS) is 11.7. The molecule has 28 heavy (non-hydrogen) atoms. The van der Waals surface area contributed by atoms with E-state index in [0.29, 0.717) is 31.0 Å². The number of hydrogen-bond donors (Lipinski definition) is 1. The van der Waals surface area contributed by atoms with Crippen molar-refractivity contribution in [2.75, 3.05) is 6.54 Å². The number of benzene rings is 2. The monoisotopic (exact) mass is 400 g/mol. The predicted octanol–water partition coefficient (Wildman–Crippen LogP) is 4.39. The van der Waals surface area contributed by atoms with E-state index in [2.05, 4.69) is 36.5 Å². The van der Waals surface area contributed by atoms with Crippen LogP contribution in [0.1, 0.15) is 43.9 Å². The third-order valence-corrected chi connectivity index (χ3v) is 5.05. The Morgan fingerprint density at radius 2 is 1.71 bits per heavy atom. The number of likely N-dealkylation sites (N-methyl/N-ethyl adjacent to an activating group) is 1. The van der Waals surface area contributed by atoms with Crippen LogP contribution in [0.5, 0.6) is 0 Å². The number of hydrogen-bond acceptors (Lipinski definition) is 2. The van der Waals surface area contributed by atoms with E-state index in [0.717, 1.165) is 17.5 Å². The fourth-order valence-electron chi connectivity index (χ4n) is 3.07. The van der Waals surface area contributed by atoms with E-state index in [-0.39, 0.29) is 11.8 Å². The van der Waals surface area contributed by atoms with Crippen LogP contribution in [-0.2, 0) is 29.0 Å². The van der Waals surface area contributed by atoms with Crippen LogP contribution >= 0.6 is 11.6 Å². The van der Waals surface area contributed by atoms with Crippen molar-refractivity contribution >= 4 is 23.4 Å². The van der Waals surface area contributed by atoms with Crippen molar-refractivity contribution in [3.8, 4) is 0 Å². The fraction of sp³-hybridized carbons (Fsp3) is 0.391. The molecule has 1 atom stereocenters. The van der Waals surface area contributed by atoms with Crippen LogP contribution in [0.2, 0.25) is 5.02 Å². The second kappa shape index (κ2) is 10.9. The molecule has 2 aromatic carbocycles. The van der Waals surface area contributed by atoms with Gasteiger partial charge < -0.3 is 10.2 Å². The molecule has 0 saturated carbocycles. The van der Waals surface area contributed by atoms with E-state index in [9.17, 15) is 9.59 Å². The molecule has 2 aromatic rings. The molecule has 0 saturated heterocycles. The van der Waals surface area contributed by atoms with Gasteiger partial charge in [0.15, 0.2) is 0 Å². The zero-order valence-corrected chi connectivity index (χ0v) is 17.6. The minimum atomic E-state index is -0.547. The summed E-state index contributed by atoms with van der Waals surface area (Å²) in [5.74, 6) is -0.191. The first kappa shape index (κ1) is 22.0. The molecule has 0 spiro atoms. The van der Waals surface area contributed by atoms with E-state index >= 15 is 0 Å². The Morgan fingerprint density at radius 1 is 1.04 bits per heavy atom. The number of aryl methyl sites for hydroxylation is 2. The molecule has 0 aliphatic carbocycles. The summed E-state index contributed by atoms with van der Waals surface area (Å²) in [5, 5.41) is 3.42. The number of halogens is 1. The molecule has 0 bridgehead atoms. The summed E-state index contributed by atoms with van der Waals surface area (Å²) in [6.07, 6.45) is 2.00. The second-order valence-electron chi connectivity index (χ2n) is 6.89. The lowest BCUT2D eigenvalue weighted by atomic mass is 10.0. The molecule has 0 radical (unpaired) electrons. The maximum absolute atomic E-state index is 13.0. The molecule has 2 amide bonds. The average molecular weight is 401 g/mol. The second-order valence-corrected chi connectivity index (χ2v) is 7.33. The SMILES string of the molecule is CCNC(=O)C(C)N(Cc1cccc(Cl)c1)C(=O)CCc1ccc(CC)cc1. The van der Waals surface area contributed by atoms with Gasteiger partial charge in [0, 0.05) is 24.5 Å². The minimum absolute atomic E-state index is 0.0432. The lowest BCUT2D eigenvalue weighted by Crippen LogP contribution is -2.47. The van der Waals surface area contributed by atoms with E-state index < -0.39 is 6.04 Å². The highest BCUT2D eigenvalue weighted by atomic mass is 35.5. The van der Waals surface area contributed by atoms with Crippen LogP contribution in [0.25, 0.3) is 0 Å². The highest BCUT2D eigenvalue weighted by molar-refractivity contribution is 6.30. The van der Waals surface area contributed by atoms with Gasteiger partial charge in [0.2, 0.25) is 11.8 Å². The molecule has 0 aliphatic rings. The quantitative estimate of drug-likeness (QED) is 0.678. The molecule has 2 rings (SSSR count). The molecule has 5 heteroatoms. The highest BCUT2D eigenvalue weighted by Crippen LogP contribution is 2.16. The van der Waals surface area contributed by atoms with Crippen LogP contribution in [0.4, 0.5) is 0 Å². The lowest BCUT2D eigenvalue weighted by molar-refractivity contribution is -0.140. The Kier molecular flexibility index (Phi) is 8.52. The van der Waals surface area contributed by atoms with Gasteiger partial charge in [-0.25, -0.2) is 0 Å². The lowest BCUT2D eigenvalue weighted by Gasteiger charge is -2.29. The first-order valence-corrected chi connectivity index (χ1v) is 10.2. The van der Waals surface area contributed by atoms with Crippen molar-refractivity contribution in [2.45, 2.75) is 52.6 Å². The van der Waals surface area contributed by atoms with Crippen molar-refractivity contribution in [2.24, 2.45) is 0 Å². The molecular formula is C23H29ClN2O2. The molecule has 1 N–H and O–H groups in total. The summed E-state index contributed by atoms with van der Waals surface area (Å²) >= 11 is 6.08. The topological polar surface area (TPSA) is 49.4 Å². The van der Waals surface area contributed by atoms with Gasteiger partial charge in [0.25, 0.3) is 0 Å². The molecule has 0 aliphatic heterocycles. The van der Waals surface area contributed by atoms with Crippen molar-refractivity contribution in [3.05, 3.63) is 70.2 Å². The Morgan fingerprint density at radius 3 is 2.32 bits per heavy atom. The summed E-state index contributed by atoms with van der Waals surface area (Å²) in [5.41, 5.74) is 3.31. The summed E-state index contributed by atoms with van der Waals surface area (Å²) in [7, 11) is 0. The molecular weight excluding hydrogens is 372 g/mol. The number of nitrogens with zero attached hydrogens (tertiary/aromatic N) is 1. The molecule has 0 fully saturated rings. The Hall–Kier alpha value is -2.33. The number of carbonyl (C=O) groups excluding carboxylic acids is 2. The van der Waals surface area contributed by atoms with Crippen molar-refractivity contribution in [1.29, 1.82) is 0 Å². The van der Waals surface area contributed by atoms with Gasteiger partial charge in [-0.1, -0.05) is 54.9 Å². The summed E-state index contributed by atoms with van der Waals surface area (Å²) in [6.45, 7) is 6.64. The van der Waals surface area contributed by atoms with Gasteiger partial charge >= 0.3 is 0 Å². The summed E-state index contributed by atoms with van der Waals surface area (Å²) in [6, 6.07) is 15.2. The number of rotatable bonds is 9. The number of nitrogens with one attached hydrogen (secondary N) is 1. The van der Waals surface area contributed by atoms with Crippen LogP contribution in [-0.4, -0.2) is 29.3 Å². The average Bonchev–Trinajstić information content (AvgIpc) is 2.70.